The summed E-state index contributed by atoms with van der Waals surface area (Å²) < 4.78 is 22.1. The minimum atomic E-state index is -0.402. The van der Waals surface area contributed by atoms with E-state index in [1.165, 1.54) is 11.6 Å². The van der Waals surface area contributed by atoms with Gasteiger partial charge in [0.25, 0.3) is 0 Å². The topological polar surface area (TPSA) is 61.8 Å². The van der Waals surface area contributed by atoms with E-state index in [9.17, 15) is 4.79 Å². The Hall–Kier alpha value is -2.79. The first-order valence-corrected chi connectivity index (χ1v) is 8.85. The van der Waals surface area contributed by atoms with Crippen molar-refractivity contribution in [2.45, 2.75) is 32.8 Å². The molecule has 142 valence electrons. The van der Waals surface area contributed by atoms with Crippen molar-refractivity contribution in [2.75, 3.05) is 13.7 Å². The van der Waals surface area contributed by atoms with Gasteiger partial charge in [-0.05, 0) is 45.4 Å². The maximum absolute atomic E-state index is 11.5. The molecule has 2 aromatic heterocycles. The van der Waals surface area contributed by atoms with E-state index in [-0.39, 0.29) is 5.60 Å². The number of fused-ring (bicyclic) bond motifs is 2. The number of benzene rings is 1. The minimum absolute atomic E-state index is 0.267. The van der Waals surface area contributed by atoms with E-state index in [0.717, 1.165) is 17.2 Å². The molecule has 0 aliphatic rings. The van der Waals surface area contributed by atoms with Gasteiger partial charge in [-0.25, -0.2) is 4.79 Å². The van der Waals surface area contributed by atoms with Crippen LogP contribution in [0.4, 0.5) is 0 Å². The Labute approximate surface area is 157 Å². The van der Waals surface area contributed by atoms with Crippen LogP contribution in [-0.4, -0.2) is 19.3 Å². The predicted molar refractivity (Wildman–Crippen MR) is 106 cm³/mol. The van der Waals surface area contributed by atoms with Crippen LogP contribution in [0.25, 0.3) is 21.9 Å². The van der Waals surface area contributed by atoms with Crippen LogP contribution < -0.4 is 10.4 Å². The van der Waals surface area contributed by atoms with Gasteiger partial charge in [-0.2, -0.15) is 0 Å². The molecule has 0 atom stereocenters. The van der Waals surface area contributed by atoms with Crippen LogP contribution in [0.2, 0.25) is 0 Å². The Balaban J connectivity index is 1.78. The van der Waals surface area contributed by atoms with Gasteiger partial charge < -0.3 is 18.3 Å². The minimum Gasteiger partial charge on any atom is -0.488 e. The van der Waals surface area contributed by atoms with Gasteiger partial charge in [0.05, 0.1) is 22.6 Å². The Morgan fingerprint density at radius 1 is 1.19 bits per heavy atom. The molecule has 0 amide bonds. The molecule has 27 heavy (non-hydrogen) atoms. The van der Waals surface area contributed by atoms with E-state index in [2.05, 4.69) is 13.0 Å². The molecule has 0 saturated carbocycles. The highest BCUT2D eigenvalue weighted by Gasteiger charge is 2.13. The van der Waals surface area contributed by atoms with Gasteiger partial charge in [0.15, 0.2) is 0 Å². The molecule has 5 nitrogen and oxygen atoms in total. The van der Waals surface area contributed by atoms with E-state index in [1.54, 1.807) is 25.5 Å². The second kappa shape index (κ2) is 7.84. The van der Waals surface area contributed by atoms with Crippen molar-refractivity contribution >= 4 is 21.9 Å². The molecule has 0 saturated heterocycles. The fourth-order valence-electron chi connectivity index (χ4n) is 2.71. The number of ether oxygens (including phenoxy) is 2. The van der Waals surface area contributed by atoms with Gasteiger partial charge >= 0.3 is 5.63 Å². The zero-order valence-electron chi connectivity index (χ0n) is 16.1. The lowest BCUT2D eigenvalue weighted by Crippen LogP contribution is -2.18. The molecular formula is C22H24O5. The summed E-state index contributed by atoms with van der Waals surface area (Å²) in [6, 6.07) is 6.67. The summed E-state index contributed by atoms with van der Waals surface area (Å²) in [5.74, 6) is 0.653. The lowest BCUT2D eigenvalue weighted by Gasteiger charge is -2.17. The summed E-state index contributed by atoms with van der Waals surface area (Å²) >= 11 is 0. The number of furan rings is 1. The lowest BCUT2D eigenvalue weighted by atomic mass is 10.1. The first-order chi connectivity index (χ1) is 12.9. The van der Waals surface area contributed by atoms with E-state index >= 15 is 0 Å². The molecule has 0 bridgehead atoms. The lowest BCUT2D eigenvalue weighted by molar-refractivity contribution is 0.0654. The summed E-state index contributed by atoms with van der Waals surface area (Å²) in [7, 11) is 1.70. The second-order valence-electron chi connectivity index (χ2n) is 6.98. The molecule has 3 rings (SSSR count). The summed E-state index contributed by atoms with van der Waals surface area (Å²) in [6.45, 7) is 6.50. The normalized spacial score (nSPS) is 13.1. The molecule has 0 unspecified atom stereocenters. The van der Waals surface area contributed by atoms with Crippen LogP contribution in [0.1, 0.15) is 27.2 Å². The smallest absolute Gasteiger partial charge is 0.336 e. The summed E-state index contributed by atoms with van der Waals surface area (Å²) in [6.07, 6.45) is 8.59. The van der Waals surface area contributed by atoms with Crippen molar-refractivity contribution in [2.24, 2.45) is 0 Å². The van der Waals surface area contributed by atoms with Crippen molar-refractivity contribution in [3.05, 3.63) is 64.7 Å². The number of rotatable bonds is 7. The zero-order chi connectivity index (χ0) is 19.4. The van der Waals surface area contributed by atoms with E-state index in [1.807, 2.05) is 32.1 Å². The zero-order valence-corrected chi connectivity index (χ0v) is 16.1. The summed E-state index contributed by atoms with van der Waals surface area (Å²) in [5.41, 5.74) is 1.59. The second-order valence-corrected chi connectivity index (χ2v) is 6.98. The third-order valence-corrected chi connectivity index (χ3v) is 4.45. The maximum atomic E-state index is 11.5. The number of allylic oxidation sites excluding steroid dienone is 2. The van der Waals surface area contributed by atoms with Gasteiger partial charge in [-0.15, -0.1) is 0 Å². The van der Waals surface area contributed by atoms with Gasteiger partial charge in [0.1, 0.15) is 23.5 Å². The Morgan fingerprint density at radius 2 is 1.96 bits per heavy atom. The summed E-state index contributed by atoms with van der Waals surface area (Å²) in [4.78, 5) is 11.5. The molecule has 0 fully saturated rings. The third-order valence-electron chi connectivity index (χ3n) is 4.45. The van der Waals surface area contributed by atoms with Crippen molar-refractivity contribution < 1.29 is 18.3 Å². The largest absolute Gasteiger partial charge is 0.488 e. The average Bonchev–Trinajstić information content (AvgIpc) is 3.09. The molecule has 0 radical (unpaired) electrons. The van der Waals surface area contributed by atoms with E-state index in [0.29, 0.717) is 23.5 Å². The van der Waals surface area contributed by atoms with Crippen LogP contribution >= 0.6 is 0 Å². The Morgan fingerprint density at radius 3 is 2.74 bits per heavy atom. The van der Waals surface area contributed by atoms with E-state index in [4.69, 9.17) is 18.3 Å². The fourth-order valence-corrected chi connectivity index (χ4v) is 2.71. The first kappa shape index (κ1) is 19.0. The SMILES string of the molecule is COC(C)(C)/C=C/C/C(C)=C/COc1c2ccoc2cc2oc(=O)ccc12. The predicted octanol–water partition coefficient (Wildman–Crippen LogP) is 5.24. The number of methoxy groups -OCH3 is 1. The van der Waals surface area contributed by atoms with Crippen molar-refractivity contribution in [3.8, 4) is 5.75 Å². The molecule has 5 heteroatoms. The van der Waals surface area contributed by atoms with Gasteiger partial charge in [-0.3, -0.25) is 0 Å². The first-order valence-electron chi connectivity index (χ1n) is 8.85. The molecule has 2 heterocycles. The Kier molecular flexibility index (Phi) is 5.51. The van der Waals surface area contributed by atoms with Gasteiger partial charge in [0.2, 0.25) is 0 Å². The van der Waals surface area contributed by atoms with Crippen LogP contribution in [0, 0.1) is 0 Å². The number of hydrogen-bond donors (Lipinski definition) is 0. The molecule has 0 spiro atoms. The molecule has 0 aliphatic carbocycles. The maximum Gasteiger partial charge on any atom is 0.336 e. The highest BCUT2D eigenvalue weighted by atomic mass is 16.5. The number of hydrogen-bond acceptors (Lipinski definition) is 5. The highest BCUT2D eigenvalue weighted by Crippen LogP contribution is 2.35. The molecular weight excluding hydrogens is 344 g/mol. The fraction of sp³-hybridized carbons (Fsp3) is 0.318. The van der Waals surface area contributed by atoms with Gasteiger partial charge in [-0.1, -0.05) is 17.7 Å². The standard InChI is InChI=1S/C22H24O5/c1-15(6-5-11-22(2,3)24-4)9-12-26-21-16-7-8-20(23)27-19(16)14-18-17(21)10-13-25-18/h5,7-11,13-14H,6,12H2,1-4H3/b11-5+,15-9+. The average molecular weight is 368 g/mol. The third kappa shape index (κ3) is 4.49. The summed E-state index contributed by atoms with van der Waals surface area (Å²) in [5, 5.41) is 1.60. The van der Waals surface area contributed by atoms with Crippen molar-refractivity contribution in [1.29, 1.82) is 0 Å². The van der Waals surface area contributed by atoms with E-state index < -0.39 is 5.63 Å². The van der Waals surface area contributed by atoms with Crippen LogP contribution in [0.5, 0.6) is 5.75 Å². The van der Waals surface area contributed by atoms with Crippen molar-refractivity contribution in [1.82, 2.24) is 0 Å². The molecule has 1 aromatic carbocycles. The monoisotopic (exact) mass is 368 g/mol. The molecule has 3 aromatic rings. The van der Waals surface area contributed by atoms with Crippen LogP contribution in [0.15, 0.2) is 68.0 Å². The Bertz CT molecular complexity index is 1050. The van der Waals surface area contributed by atoms with Crippen LogP contribution in [0.3, 0.4) is 0 Å². The quantitative estimate of drug-likeness (QED) is 0.422. The van der Waals surface area contributed by atoms with Crippen molar-refractivity contribution in [3.63, 3.8) is 0 Å². The highest BCUT2D eigenvalue weighted by molar-refractivity contribution is 6.01. The van der Waals surface area contributed by atoms with Gasteiger partial charge in [0, 0.05) is 19.2 Å². The molecule has 0 aliphatic heterocycles. The molecule has 0 N–H and O–H groups in total. The van der Waals surface area contributed by atoms with Crippen LogP contribution in [-0.2, 0) is 4.74 Å².